The number of hydrogen-bond donors (Lipinski definition) is 0. The molecule has 3 heteroatoms. The summed E-state index contributed by atoms with van der Waals surface area (Å²) in [7, 11) is 0. The SMILES string of the molecule is CCC(C(C)C)C(C)(C)ON=O. The first-order valence-electron chi connectivity index (χ1n) is 4.46. The molecule has 0 aromatic heterocycles. The van der Waals surface area contributed by atoms with Gasteiger partial charge in [0.1, 0.15) is 5.60 Å². The Morgan fingerprint density at radius 1 is 1.42 bits per heavy atom. The first-order valence-corrected chi connectivity index (χ1v) is 4.46. The molecule has 0 heterocycles. The Morgan fingerprint density at radius 2 is 1.92 bits per heavy atom. The standard InChI is InChI=1S/C9H19NO2/c1-6-8(7(2)3)9(4,5)12-10-11/h7-8H,6H2,1-5H3. The van der Waals surface area contributed by atoms with Crippen molar-refractivity contribution in [1.29, 1.82) is 0 Å². The van der Waals surface area contributed by atoms with E-state index in [4.69, 9.17) is 4.84 Å². The lowest BCUT2D eigenvalue weighted by atomic mass is 9.80. The predicted octanol–water partition coefficient (Wildman–Crippen LogP) is 3.15. The first-order chi connectivity index (χ1) is 5.45. The fourth-order valence-electron chi connectivity index (χ4n) is 1.93. The highest BCUT2D eigenvalue weighted by Gasteiger charge is 2.33. The maximum absolute atomic E-state index is 9.99. The highest BCUT2D eigenvalue weighted by molar-refractivity contribution is 4.80. The average Bonchev–Trinajstić information content (AvgIpc) is 1.86. The zero-order chi connectivity index (χ0) is 9.78. The van der Waals surface area contributed by atoms with Gasteiger partial charge in [0.05, 0.1) is 0 Å². The van der Waals surface area contributed by atoms with Gasteiger partial charge in [0.2, 0.25) is 0 Å². The minimum absolute atomic E-state index is 0.371. The molecule has 1 atom stereocenters. The highest BCUT2D eigenvalue weighted by Crippen LogP contribution is 2.30. The van der Waals surface area contributed by atoms with Gasteiger partial charge in [-0.25, -0.2) is 0 Å². The summed E-state index contributed by atoms with van der Waals surface area (Å²) in [6.45, 7) is 10.2. The predicted molar refractivity (Wildman–Crippen MR) is 49.6 cm³/mol. The highest BCUT2D eigenvalue weighted by atomic mass is 16.7. The summed E-state index contributed by atoms with van der Waals surface area (Å²) in [5.41, 5.74) is -0.440. The molecule has 3 nitrogen and oxygen atoms in total. The summed E-state index contributed by atoms with van der Waals surface area (Å²) in [5, 5.41) is 2.51. The van der Waals surface area contributed by atoms with Crippen LogP contribution in [0.4, 0.5) is 0 Å². The van der Waals surface area contributed by atoms with E-state index in [9.17, 15) is 4.91 Å². The topological polar surface area (TPSA) is 38.7 Å². The summed E-state index contributed by atoms with van der Waals surface area (Å²) >= 11 is 0. The second-order valence-corrected chi connectivity index (χ2v) is 4.03. The van der Waals surface area contributed by atoms with Crippen molar-refractivity contribution >= 4 is 0 Å². The fraction of sp³-hybridized carbons (Fsp3) is 1.00. The molecule has 0 aromatic carbocycles. The molecule has 0 aliphatic heterocycles. The molecule has 1 unspecified atom stereocenters. The molecule has 0 radical (unpaired) electrons. The Kier molecular flexibility index (Phi) is 4.21. The van der Waals surface area contributed by atoms with Crippen molar-refractivity contribution in [2.45, 2.75) is 46.6 Å². The van der Waals surface area contributed by atoms with Crippen LogP contribution in [0.15, 0.2) is 5.34 Å². The molecule has 0 rings (SSSR count). The van der Waals surface area contributed by atoms with Gasteiger partial charge in [0.15, 0.2) is 5.34 Å². The van der Waals surface area contributed by atoms with Crippen molar-refractivity contribution in [2.75, 3.05) is 0 Å². The van der Waals surface area contributed by atoms with Gasteiger partial charge in [0, 0.05) is 5.92 Å². The van der Waals surface area contributed by atoms with E-state index in [-0.39, 0.29) is 0 Å². The Hall–Kier alpha value is -0.600. The van der Waals surface area contributed by atoms with Crippen molar-refractivity contribution in [1.82, 2.24) is 0 Å². The van der Waals surface area contributed by atoms with E-state index >= 15 is 0 Å². The van der Waals surface area contributed by atoms with Crippen LogP contribution in [0.2, 0.25) is 0 Å². The molecular weight excluding hydrogens is 154 g/mol. The van der Waals surface area contributed by atoms with Gasteiger partial charge in [-0.1, -0.05) is 20.8 Å². The van der Waals surface area contributed by atoms with Crippen LogP contribution in [0, 0.1) is 16.7 Å². The van der Waals surface area contributed by atoms with Crippen LogP contribution in [0.25, 0.3) is 0 Å². The third-order valence-corrected chi connectivity index (χ3v) is 2.41. The Morgan fingerprint density at radius 3 is 2.17 bits per heavy atom. The molecule has 0 saturated heterocycles. The Bertz CT molecular complexity index is 143. The van der Waals surface area contributed by atoms with Crippen LogP contribution in [-0.2, 0) is 4.84 Å². The second-order valence-electron chi connectivity index (χ2n) is 4.03. The lowest BCUT2D eigenvalue weighted by Crippen LogP contribution is -2.35. The lowest BCUT2D eigenvalue weighted by molar-refractivity contribution is -0.0754. The van der Waals surface area contributed by atoms with E-state index in [0.717, 1.165) is 6.42 Å². The smallest absolute Gasteiger partial charge is 0.155 e. The third-order valence-electron chi connectivity index (χ3n) is 2.41. The molecule has 72 valence electrons. The molecule has 0 saturated carbocycles. The van der Waals surface area contributed by atoms with Crippen molar-refractivity contribution in [2.24, 2.45) is 17.2 Å². The Labute approximate surface area is 74.4 Å². The number of hydrogen-bond acceptors (Lipinski definition) is 3. The normalized spacial score (nSPS) is 14.5. The second kappa shape index (κ2) is 4.43. The van der Waals surface area contributed by atoms with Gasteiger partial charge >= 0.3 is 0 Å². The van der Waals surface area contributed by atoms with Crippen molar-refractivity contribution in [3.63, 3.8) is 0 Å². The molecule has 0 spiro atoms. The van der Waals surface area contributed by atoms with Crippen LogP contribution in [0.1, 0.15) is 41.0 Å². The zero-order valence-corrected chi connectivity index (χ0v) is 8.63. The van der Waals surface area contributed by atoms with Gasteiger partial charge in [-0.05, 0) is 26.2 Å². The molecule has 0 bridgehead atoms. The van der Waals surface area contributed by atoms with Gasteiger partial charge in [-0.3, -0.25) is 0 Å². The van der Waals surface area contributed by atoms with Gasteiger partial charge in [0.25, 0.3) is 0 Å². The van der Waals surface area contributed by atoms with Crippen molar-refractivity contribution in [3.8, 4) is 0 Å². The zero-order valence-electron chi connectivity index (χ0n) is 8.63. The van der Waals surface area contributed by atoms with Gasteiger partial charge < -0.3 is 4.84 Å². The molecule has 0 aromatic rings. The van der Waals surface area contributed by atoms with Crippen molar-refractivity contribution < 1.29 is 4.84 Å². The minimum Gasteiger partial charge on any atom is -0.358 e. The van der Waals surface area contributed by atoms with E-state index in [1.807, 2.05) is 13.8 Å². The van der Waals surface area contributed by atoms with Crippen LogP contribution >= 0.6 is 0 Å². The van der Waals surface area contributed by atoms with E-state index in [2.05, 4.69) is 26.1 Å². The van der Waals surface area contributed by atoms with E-state index in [0.29, 0.717) is 11.8 Å². The number of nitrogens with zero attached hydrogens (tertiary/aromatic N) is 1. The fourth-order valence-corrected chi connectivity index (χ4v) is 1.93. The summed E-state index contributed by atoms with van der Waals surface area (Å²) in [4.78, 5) is 14.8. The van der Waals surface area contributed by atoms with Crippen LogP contribution in [0.3, 0.4) is 0 Å². The maximum atomic E-state index is 9.99. The monoisotopic (exact) mass is 173 g/mol. The average molecular weight is 173 g/mol. The molecule has 0 aliphatic carbocycles. The molecule has 0 N–H and O–H groups in total. The van der Waals surface area contributed by atoms with Crippen LogP contribution in [0.5, 0.6) is 0 Å². The van der Waals surface area contributed by atoms with Crippen LogP contribution < -0.4 is 0 Å². The largest absolute Gasteiger partial charge is 0.358 e. The molecule has 12 heavy (non-hydrogen) atoms. The Balaban J connectivity index is 4.35. The summed E-state index contributed by atoms with van der Waals surface area (Å²) < 4.78 is 0. The van der Waals surface area contributed by atoms with E-state index < -0.39 is 5.60 Å². The van der Waals surface area contributed by atoms with Crippen molar-refractivity contribution in [3.05, 3.63) is 4.91 Å². The first kappa shape index (κ1) is 11.4. The summed E-state index contributed by atoms with van der Waals surface area (Å²) in [6, 6.07) is 0. The van der Waals surface area contributed by atoms with Crippen LogP contribution in [-0.4, -0.2) is 5.60 Å². The minimum atomic E-state index is -0.440. The molecule has 0 aliphatic rings. The van der Waals surface area contributed by atoms with E-state index in [1.54, 1.807) is 0 Å². The molecular formula is C9H19NO2. The molecule has 0 fully saturated rings. The van der Waals surface area contributed by atoms with Gasteiger partial charge in [-0.2, -0.15) is 0 Å². The van der Waals surface area contributed by atoms with Gasteiger partial charge in [-0.15, -0.1) is 4.91 Å². The third kappa shape index (κ3) is 2.80. The quantitative estimate of drug-likeness (QED) is 0.473. The summed E-state index contributed by atoms with van der Waals surface area (Å²) in [6.07, 6.45) is 1.00. The number of rotatable bonds is 5. The summed E-state index contributed by atoms with van der Waals surface area (Å²) in [5.74, 6) is 0.877. The lowest BCUT2D eigenvalue weighted by Gasteiger charge is -2.32. The maximum Gasteiger partial charge on any atom is 0.155 e. The molecule has 0 amide bonds. The van der Waals surface area contributed by atoms with E-state index in [1.165, 1.54) is 0 Å².